The van der Waals surface area contributed by atoms with Gasteiger partial charge in [0.2, 0.25) is 0 Å². The summed E-state index contributed by atoms with van der Waals surface area (Å²) in [5.41, 5.74) is 2.94. The van der Waals surface area contributed by atoms with Crippen LogP contribution in [0.2, 0.25) is 0 Å². The van der Waals surface area contributed by atoms with Crippen LogP contribution >= 0.6 is 15.9 Å². The lowest BCUT2D eigenvalue weighted by atomic mass is 10.1. The average molecular weight is 348 g/mol. The molecular weight excluding hydrogens is 330 g/mol. The monoisotopic (exact) mass is 347 g/mol. The van der Waals surface area contributed by atoms with E-state index in [-0.39, 0.29) is 5.97 Å². The lowest BCUT2D eigenvalue weighted by molar-refractivity contribution is -0.144. The summed E-state index contributed by atoms with van der Waals surface area (Å²) < 4.78 is 6.15. The zero-order valence-electron chi connectivity index (χ0n) is 12.1. The highest BCUT2D eigenvalue weighted by Gasteiger charge is 2.21. The number of rotatable bonds is 5. The molecule has 2 rings (SSSR count). The highest BCUT2D eigenvalue weighted by Crippen LogP contribution is 2.23. The van der Waals surface area contributed by atoms with E-state index in [4.69, 9.17) is 4.74 Å². The first-order valence-corrected chi connectivity index (χ1v) is 7.64. The fourth-order valence-corrected chi connectivity index (χ4v) is 2.24. The Bertz CT molecular complexity index is 593. The SMILES string of the molecule is CCOC(=O)C(Nc1ccc(C)cc1)c1ccc(Br)cc1. The highest BCUT2D eigenvalue weighted by molar-refractivity contribution is 9.10. The molecule has 1 N–H and O–H groups in total. The van der Waals surface area contributed by atoms with Crippen LogP contribution in [0.1, 0.15) is 24.1 Å². The maximum absolute atomic E-state index is 12.2. The van der Waals surface area contributed by atoms with Crippen molar-refractivity contribution in [2.45, 2.75) is 19.9 Å². The Hall–Kier alpha value is -1.81. The Morgan fingerprint density at radius 3 is 2.33 bits per heavy atom. The van der Waals surface area contributed by atoms with E-state index in [0.717, 1.165) is 15.7 Å². The van der Waals surface area contributed by atoms with E-state index in [1.165, 1.54) is 5.56 Å². The summed E-state index contributed by atoms with van der Waals surface area (Å²) >= 11 is 3.40. The van der Waals surface area contributed by atoms with Gasteiger partial charge in [-0.15, -0.1) is 0 Å². The third-order valence-electron chi connectivity index (χ3n) is 3.09. The van der Waals surface area contributed by atoms with Crippen LogP contribution < -0.4 is 5.32 Å². The Morgan fingerprint density at radius 2 is 1.76 bits per heavy atom. The van der Waals surface area contributed by atoms with E-state index in [2.05, 4.69) is 21.2 Å². The molecule has 0 aliphatic rings. The molecule has 2 aromatic carbocycles. The van der Waals surface area contributed by atoms with E-state index in [1.54, 1.807) is 0 Å². The standard InChI is InChI=1S/C17H18BrNO2/c1-3-21-17(20)16(13-6-8-14(18)9-7-13)19-15-10-4-12(2)5-11-15/h4-11,16,19H,3H2,1-2H3. The van der Waals surface area contributed by atoms with Gasteiger partial charge in [-0.3, -0.25) is 0 Å². The van der Waals surface area contributed by atoms with Crippen molar-refractivity contribution in [3.8, 4) is 0 Å². The fourth-order valence-electron chi connectivity index (χ4n) is 1.98. The summed E-state index contributed by atoms with van der Waals surface area (Å²) in [6.07, 6.45) is 0. The van der Waals surface area contributed by atoms with E-state index < -0.39 is 6.04 Å². The van der Waals surface area contributed by atoms with Crippen LogP contribution in [0.3, 0.4) is 0 Å². The Kier molecular flexibility index (Phi) is 5.39. The summed E-state index contributed by atoms with van der Waals surface area (Å²) in [7, 11) is 0. The predicted octanol–water partition coefficient (Wildman–Crippen LogP) is 4.47. The molecule has 0 amide bonds. The maximum Gasteiger partial charge on any atom is 0.333 e. The molecule has 0 radical (unpaired) electrons. The van der Waals surface area contributed by atoms with Gasteiger partial charge in [0.1, 0.15) is 0 Å². The van der Waals surface area contributed by atoms with E-state index >= 15 is 0 Å². The minimum atomic E-state index is -0.513. The molecule has 1 atom stereocenters. The van der Waals surface area contributed by atoms with Crippen molar-refractivity contribution in [2.75, 3.05) is 11.9 Å². The molecule has 110 valence electrons. The fraction of sp³-hybridized carbons (Fsp3) is 0.235. The van der Waals surface area contributed by atoms with E-state index in [9.17, 15) is 4.79 Å². The average Bonchev–Trinajstić information content (AvgIpc) is 2.48. The summed E-state index contributed by atoms with van der Waals surface area (Å²) in [5.74, 6) is -0.277. The summed E-state index contributed by atoms with van der Waals surface area (Å²) in [5, 5.41) is 3.24. The number of hydrogen-bond donors (Lipinski definition) is 1. The molecule has 21 heavy (non-hydrogen) atoms. The third kappa shape index (κ3) is 4.33. The van der Waals surface area contributed by atoms with Crippen LogP contribution in [-0.2, 0) is 9.53 Å². The molecule has 2 aromatic rings. The molecular formula is C17H18BrNO2. The second-order valence-electron chi connectivity index (χ2n) is 4.75. The summed E-state index contributed by atoms with van der Waals surface area (Å²) in [4.78, 5) is 12.2. The van der Waals surface area contributed by atoms with Gasteiger partial charge in [0, 0.05) is 10.2 Å². The molecule has 0 spiro atoms. The zero-order chi connectivity index (χ0) is 15.2. The Morgan fingerprint density at radius 1 is 1.14 bits per heavy atom. The molecule has 0 heterocycles. The molecule has 0 saturated heterocycles. The van der Waals surface area contributed by atoms with Crippen LogP contribution in [-0.4, -0.2) is 12.6 Å². The normalized spacial score (nSPS) is 11.8. The van der Waals surface area contributed by atoms with Crippen molar-refractivity contribution in [1.82, 2.24) is 0 Å². The summed E-state index contributed by atoms with van der Waals surface area (Å²) in [6, 6.07) is 15.1. The quantitative estimate of drug-likeness (QED) is 0.810. The number of ether oxygens (including phenoxy) is 1. The number of esters is 1. The number of benzene rings is 2. The van der Waals surface area contributed by atoms with Gasteiger partial charge in [0.15, 0.2) is 6.04 Å². The minimum Gasteiger partial charge on any atom is -0.464 e. The molecule has 3 nitrogen and oxygen atoms in total. The van der Waals surface area contributed by atoms with Crippen molar-refractivity contribution < 1.29 is 9.53 Å². The Labute approximate surface area is 133 Å². The van der Waals surface area contributed by atoms with Crippen molar-refractivity contribution in [3.05, 3.63) is 64.1 Å². The zero-order valence-corrected chi connectivity index (χ0v) is 13.7. The molecule has 0 saturated carbocycles. The predicted molar refractivity (Wildman–Crippen MR) is 88.3 cm³/mol. The Balaban J connectivity index is 2.25. The second kappa shape index (κ2) is 7.27. The number of hydrogen-bond acceptors (Lipinski definition) is 3. The number of nitrogens with one attached hydrogen (secondary N) is 1. The largest absolute Gasteiger partial charge is 0.464 e. The van der Waals surface area contributed by atoms with E-state index in [0.29, 0.717) is 6.61 Å². The van der Waals surface area contributed by atoms with Gasteiger partial charge in [0.25, 0.3) is 0 Å². The number of aryl methyl sites for hydroxylation is 1. The highest BCUT2D eigenvalue weighted by atomic mass is 79.9. The number of carbonyl (C=O) groups is 1. The lowest BCUT2D eigenvalue weighted by Gasteiger charge is -2.19. The van der Waals surface area contributed by atoms with Gasteiger partial charge >= 0.3 is 5.97 Å². The van der Waals surface area contributed by atoms with Gasteiger partial charge in [-0.2, -0.15) is 0 Å². The smallest absolute Gasteiger partial charge is 0.333 e. The van der Waals surface area contributed by atoms with Gasteiger partial charge in [0.05, 0.1) is 6.61 Å². The van der Waals surface area contributed by atoms with Crippen molar-refractivity contribution >= 4 is 27.6 Å². The van der Waals surface area contributed by atoms with Crippen LogP contribution in [0.5, 0.6) is 0 Å². The molecule has 0 aromatic heterocycles. The van der Waals surface area contributed by atoms with Gasteiger partial charge in [-0.25, -0.2) is 4.79 Å². The molecule has 1 unspecified atom stereocenters. The number of carbonyl (C=O) groups excluding carboxylic acids is 1. The van der Waals surface area contributed by atoms with Crippen molar-refractivity contribution in [2.24, 2.45) is 0 Å². The second-order valence-corrected chi connectivity index (χ2v) is 5.66. The first-order valence-electron chi connectivity index (χ1n) is 6.85. The van der Waals surface area contributed by atoms with Crippen LogP contribution in [0.15, 0.2) is 53.0 Å². The molecule has 0 fully saturated rings. The first-order chi connectivity index (χ1) is 10.1. The molecule has 4 heteroatoms. The number of halogens is 1. The van der Waals surface area contributed by atoms with Crippen LogP contribution in [0, 0.1) is 6.92 Å². The van der Waals surface area contributed by atoms with Gasteiger partial charge < -0.3 is 10.1 Å². The minimum absolute atomic E-state index is 0.277. The molecule has 0 aliphatic carbocycles. The van der Waals surface area contributed by atoms with E-state index in [1.807, 2.05) is 62.4 Å². The van der Waals surface area contributed by atoms with Crippen molar-refractivity contribution in [1.29, 1.82) is 0 Å². The lowest BCUT2D eigenvalue weighted by Crippen LogP contribution is -2.23. The van der Waals surface area contributed by atoms with Crippen molar-refractivity contribution in [3.63, 3.8) is 0 Å². The van der Waals surface area contributed by atoms with Gasteiger partial charge in [-0.05, 0) is 43.7 Å². The van der Waals surface area contributed by atoms with Crippen LogP contribution in [0.25, 0.3) is 0 Å². The summed E-state index contributed by atoms with van der Waals surface area (Å²) in [6.45, 7) is 4.20. The maximum atomic E-state index is 12.2. The van der Waals surface area contributed by atoms with Gasteiger partial charge in [-0.1, -0.05) is 45.8 Å². The number of anilines is 1. The topological polar surface area (TPSA) is 38.3 Å². The van der Waals surface area contributed by atoms with Crippen LogP contribution in [0.4, 0.5) is 5.69 Å². The third-order valence-corrected chi connectivity index (χ3v) is 3.62. The first kappa shape index (κ1) is 15.6. The molecule has 0 aliphatic heterocycles. The molecule has 0 bridgehead atoms.